The first-order valence-corrected chi connectivity index (χ1v) is 10.9. The number of imidazole rings is 1. The Hall–Kier alpha value is -3.71. The highest BCUT2D eigenvalue weighted by Crippen LogP contribution is 2.28. The number of carbonyl (C=O) groups excluding carboxylic acids is 1. The lowest BCUT2D eigenvalue weighted by Crippen LogP contribution is -2.18. The van der Waals surface area contributed by atoms with E-state index < -0.39 is 0 Å². The Morgan fingerprint density at radius 1 is 1.06 bits per heavy atom. The van der Waals surface area contributed by atoms with Crippen LogP contribution in [0.4, 0.5) is 0 Å². The van der Waals surface area contributed by atoms with Crippen LogP contribution in [0.15, 0.2) is 76.9 Å². The molecular formula is C24H19N3O3S. The Bertz CT molecular complexity index is 1430. The van der Waals surface area contributed by atoms with Crippen LogP contribution in [0.5, 0.6) is 0 Å². The summed E-state index contributed by atoms with van der Waals surface area (Å²) in [6, 6.07) is 20.8. The fourth-order valence-corrected chi connectivity index (χ4v) is 4.38. The number of rotatable bonds is 6. The van der Waals surface area contributed by atoms with E-state index in [4.69, 9.17) is 9.72 Å². The van der Waals surface area contributed by atoms with Crippen LogP contribution in [0.25, 0.3) is 32.5 Å². The minimum atomic E-state index is -0.386. The molecule has 2 aromatic carbocycles. The molecule has 6 nitrogen and oxygen atoms in total. The first kappa shape index (κ1) is 19.3. The van der Waals surface area contributed by atoms with Gasteiger partial charge in [0.05, 0.1) is 39.3 Å². The zero-order valence-corrected chi connectivity index (χ0v) is 17.4. The number of pyridine rings is 1. The molecule has 31 heavy (non-hydrogen) atoms. The summed E-state index contributed by atoms with van der Waals surface area (Å²) in [5.41, 5.74) is 3.50. The summed E-state index contributed by atoms with van der Waals surface area (Å²) in [7, 11) is 0. The number of ether oxygens (including phenoxy) is 1. The number of esters is 1. The molecule has 1 N–H and O–H groups in total. The van der Waals surface area contributed by atoms with Crippen LogP contribution in [0.2, 0.25) is 0 Å². The highest BCUT2D eigenvalue weighted by molar-refractivity contribution is 7.13. The summed E-state index contributed by atoms with van der Waals surface area (Å²) in [6.45, 7) is 0.684. The maximum atomic E-state index is 12.9. The second-order valence-electron chi connectivity index (χ2n) is 7.14. The van der Waals surface area contributed by atoms with Gasteiger partial charge in [0.15, 0.2) is 0 Å². The van der Waals surface area contributed by atoms with Crippen molar-refractivity contribution in [2.24, 2.45) is 0 Å². The summed E-state index contributed by atoms with van der Waals surface area (Å²) in [4.78, 5) is 33.6. The molecule has 0 fully saturated rings. The smallest absolute Gasteiger partial charge is 0.338 e. The van der Waals surface area contributed by atoms with E-state index in [1.165, 1.54) is 0 Å². The molecule has 0 amide bonds. The van der Waals surface area contributed by atoms with Crippen LogP contribution in [-0.2, 0) is 11.3 Å². The molecular weight excluding hydrogens is 410 g/mol. The van der Waals surface area contributed by atoms with Gasteiger partial charge in [-0.3, -0.25) is 4.57 Å². The third kappa shape index (κ3) is 3.75. The summed E-state index contributed by atoms with van der Waals surface area (Å²) >= 11 is 1.58. The van der Waals surface area contributed by atoms with E-state index in [-0.39, 0.29) is 18.3 Å². The van der Waals surface area contributed by atoms with Gasteiger partial charge in [0, 0.05) is 11.9 Å². The number of aromatic amines is 1. The summed E-state index contributed by atoms with van der Waals surface area (Å²) < 4.78 is 7.24. The lowest BCUT2D eigenvalue weighted by atomic mass is 10.1. The molecule has 154 valence electrons. The normalized spacial score (nSPS) is 11.2. The second kappa shape index (κ2) is 8.20. The van der Waals surface area contributed by atoms with E-state index in [2.05, 4.69) is 4.98 Å². The molecule has 0 spiro atoms. The van der Waals surface area contributed by atoms with Crippen LogP contribution >= 0.6 is 11.3 Å². The van der Waals surface area contributed by atoms with Crippen molar-refractivity contribution in [3.63, 3.8) is 0 Å². The van der Waals surface area contributed by atoms with E-state index in [1.54, 1.807) is 22.0 Å². The monoisotopic (exact) mass is 429 g/mol. The maximum absolute atomic E-state index is 12.9. The Morgan fingerprint density at radius 2 is 1.90 bits per heavy atom. The molecule has 3 aromatic heterocycles. The molecule has 0 aliphatic carbocycles. The minimum absolute atomic E-state index is 0.159. The van der Waals surface area contributed by atoms with Crippen LogP contribution in [-0.4, -0.2) is 27.1 Å². The van der Waals surface area contributed by atoms with E-state index in [0.29, 0.717) is 18.5 Å². The number of H-pyrrole nitrogens is 1. The molecule has 0 saturated heterocycles. The lowest BCUT2D eigenvalue weighted by Gasteiger charge is -2.10. The number of para-hydroxylation sites is 3. The Morgan fingerprint density at radius 3 is 2.77 bits per heavy atom. The predicted octanol–water partition coefficient (Wildman–Crippen LogP) is 4.85. The standard InChI is InChI=1S/C24H19N3O3S/c28-23(30-13-6-12-27-21-10-4-3-9-19(21)26-24(27)29)17-15-20(22-11-5-14-31-22)25-18-8-2-1-7-16(17)18/h1-5,7-11,14-15H,6,12-13H2,(H,26,29). The van der Waals surface area contributed by atoms with Crippen LogP contribution in [0.1, 0.15) is 16.8 Å². The molecule has 5 aromatic rings. The first-order chi connectivity index (χ1) is 15.2. The maximum Gasteiger partial charge on any atom is 0.338 e. The topological polar surface area (TPSA) is 77.0 Å². The number of thiophene rings is 1. The fraction of sp³-hybridized carbons (Fsp3) is 0.125. The Labute approximate surface area is 181 Å². The number of hydrogen-bond donors (Lipinski definition) is 1. The fourth-order valence-electron chi connectivity index (χ4n) is 3.69. The summed E-state index contributed by atoms with van der Waals surface area (Å²) in [6.07, 6.45) is 0.536. The average molecular weight is 430 g/mol. The van der Waals surface area contributed by atoms with Crippen molar-refractivity contribution in [1.29, 1.82) is 0 Å². The van der Waals surface area contributed by atoms with Crippen molar-refractivity contribution in [3.05, 3.63) is 88.2 Å². The van der Waals surface area contributed by atoms with Crippen molar-refractivity contribution >= 4 is 39.2 Å². The van der Waals surface area contributed by atoms with Gasteiger partial charge in [0.1, 0.15) is 0 Å². The lowest BCUT2D eigenvalue weighted by molar-refractivity contribution is 0.0498. The zero-order valence-electron chi connectivity index (χ0n) is 16.6. The second-order valence-corrected chi connectivity index (χ2v) is 8.09. The van der Waals surface area contributed by atoms with Gasteiger partial charge in [0.25, 0.3) is 0 Å². The van der Waals surface area contributed by atoms with Gasteiger partial charge in [0.2, 0.25) is 0 Å². The molecule has 0 atom stereocenters. The first-order valence-electron chi connectivity index (χ1n) is 9.99. The van der Waals surface area contributed by atoms with Gasteiger partial charge < -0.3 is 9.72 Å². The molecule has 0 unspecified atom stereocenters. The van der Waals surface area contributed by atoms with Gasteiger partial charge in [-0.1, -0.05) is 36.4 Å². The quantitative estimate of drug-likeness (QED) is 0.309. The predicted molar refractivity (Wildman–Crippen MR) is 123 cm³/mol. The van der Waals surface area contributed by atoms with E-state index in [9.17, 15) is 9.59 Å². The number of aryl methyl sites for hydroxylation is 1. The largest absolute Gasteiger partial charge is 0.462 e. The van der Waals surface area contributed by atoms with Crippen molar-refractivity contribution in [3.8, 4) is 10.6 Å². The van der Waals surface area contributed by atoms with Gasteiger partial charge in [-0.25, -0.2) is 14.6 Å². The number of aromatic nitrogens is 3. The molecule has 0 aliphatic rings. The van der Waals surface area contributed by atoms with Gasteiger partial charge >= 0.3 is 11.7 Å². The van der Waals surface area contributed by atoms with E-state index in [1.807, 2.05) is 66.0 Å². The van der Waals surface area contributed by atoms with Gasteiger partial charge in [-0.05, 0) is 42.1 Å². The molecule has 0 aliphatic heterocycles. The average Bonchev–Trinajstić information content (AvgIpc) is 3.44. The molecule has 7 heteroatoms. The van der Waals surface area contributed by atoms with Crippen LogP contribution in [0, 0.1) is 0 Å². The van der Waals surface area contributed by atoms with Gasteiger partial charge in [-0.15, -0.1) is 11.3 Å². The van der Waals surface area contributed by atoms with Crippen LogP contribution < -0.4 is 5.69 Å². The Balaban J connectivity index is 1.33. The third-order valence-corrected chi connectivity index (χ3v) is 6.04. The number of benzene rings is 2. The van der Waals surface area contributed by atoms with Crippen LogP contribution in [0.3, 0.4) is 0 Å². The highest BCUT2D eigenvalue weighted by Gasteiger charge is 2.16. The van der Waals surface area contributed by atoms with Crippen molar-refractivity contribution in [1.82, 2.24) is 14.5 Å². The number of carbonyl (C=O) groups is 1. The molecule has 0 saturated carbocycles. The van der Waals surface area contributed by atoms with Crippen molar-refractivity contribution in [2.75, 3.05) is 6.61 Å². The zero-order chi connectivity index (χ0) is 21.2. The summed E-state index contributed by atoms with van der Waals surface area (Å²) in [5.74, 6) is -0.386. The number of nitrogens with one attached hydrogen (secondary N) is 1. The molecule has 5 rings (SSSR count). The highest BCUT2D eigenvalue weighted by atomic mass is 32.1. The number of hydrogen-bond acceptors (Lipinski definition) is 5. The summed E-state index contributed by atoms with van der Waals surface area (Å²) in [5, 5.41) is 2.75. The number of fused-ring (bicyclic) bond motifs is 2. The molecule has 0 bridgehead atoms. The van der Waals surface area contributed by atoms with Gasteiger partial charge in [-0.2, -0.15) is 0 Å². The Kier molecular flexibility index (Phi) is 5.09. The van der Waals surface area contributed by atoms with Crippen molar-refractivity contribution < 1.29 is 9.53 Å². The number of nitrogens with zero attached hydrogens (tertiary/aromatic N) is 2. The van der Waals surface area contributed by atoms with Crippen molar-refractivity contribution in [2.45, 2.75) is 13.0 Å². The minimum Gasteiger partial charge on any atom is -0.462 e. The molecule has 3 heterocycles. The third-order valence-electron chi connectivity index (χ3n) is 5.15. The van der Waals surface area contributed by atoms with E-state index in [0.717, 1.165) is 32.5 Å². The SMILES string of the molecule is O=C(OCCCn1c(=O)[nH]c2ccccc21)c1cc(-c2cccs2)nc2ccccc12. The van der Waals surface area contributed by atoms with E-state index >= 15 is 0 Å². The molecule has 0 radical (unpaired) electrons.